The number of urea groups is 1. The number of rotatable bonds is 4. The molecule has 0 radical (unpaired) electrons. The van der Waals surface area contributed by atoms with Crippen LogP contribution in [0.3, 0.4) is 0 Å². The first-order chi connectivity index (χ1) is 14.2. The third-order valence-corrected chi connectivity index (χ3v) is 5.83. The summed E-state index contributed by atoms with van der Waals surface area (Å²) in [5, 5.41) is 3.04. The molecule has 0 bridgehead atoms. The maximum Gasteiger partial charge on any atom is 0.321 e. The molecule has 0 aromatic heterocycles. The quantitative estimate of drug-likeness (QED) is 0.850. The molecule has 2 heterocycles. The van der Waals surface area contributed by atoms with Crippen molar-refractivity contribution < 1.29 is 9.53 Å². The minimum Gasteiger partial charge on any atom is -0.497 e. The smallest absolute Gasteiger partial charge is 0.321 e. The average Bonchev–Trinajstić information content (AvgIpc) is 2.80. The molecule has 4 rings (SSSR count). The Morgan fingerprint density at radius 1 is 0.828 bits per heavy atom. The lowest BCUT2D eigenvalue weighted by Gasteiger charge is -2.36. The van der Waals surface area contributed by atoms with Crippen molar-refractivity contribution in [1.29, 1.82) is 0 Å². The van der Waals surface area contributed by atoms with E-state index >= 15 is 0 Å². The lowest BCUT2D eigenvalue weighted by atomic mass is 10.1. The molecule has 6 heteroatoms. The monoisotopic (exact) mass is 394 g/mol. The fourth-order valence-corrected chi connectivity index (χ4v) is 4.09. The molecular formula is C23H30N4O2. The van der Waals surface area contributed by atoms with Crippen molar-refractivity contribution in [3.63, 3.8) is 0 Å². The molecule has 0 saturated carbocycles. The van der Waals surface area contributed by atoms with Gasteiger partial charge in [-0.1, -0.05) is 6.07 Å². The molecule has 2 fully saturated rings. The summed E-state index contributed by atoms with van der Waals surface area (Å²) in [7, 11) is 1.68. The van der Waals surface area contributed by atoms with E-state index in [-0.39, 0.29) is 6.03 Å². The van der Waals surface area contributed by atoms with Gasteiger partial charge >= 0.3 is 6.03 Å². The van der Waals surface area contributed by atoms with Gasteiger partial charge in [-0.2, -0.15) is 0 Å². The number of amides is 2. The number of methoxy groups -OCH3 is 1. The van der Waals surface area contributed by atoms with E-state index in [1.54, 1.807) is 7.11 Å². The number of ether oxygens (including phenoxy) is 1. The topological polar surface area (TPSA) is 48.1 Å². The maximum absolute atomic E-state index is 12.7. The van der Waals surface area contributed by atoms with Gasteiger partial charge in [0.25, 0.3) is 0 Å². The van der Waals surface area contributed by atoms with Crippen LogP contribution in [0, 0.1) is 0 Å². The van der Waals surface area contributed by atoms with Crippen LogP contribution in [0.2, 0.25) is 0 Å². The third-order valence-electron chi connectivity index (χ3n) is 5.83. The number of benzene rings is 2. The number of hydrogen-bond acceptors (Lipinski definition) is 4. The van der Waals surface area contributed by atoms with E-state index < -0.39 is 0 Å². The van der Waals surface area contributed by atoms with Crippen LogP contribution in [0.1, 0.15) is 19.3 Å². The van der Waals surface area contributed by atoms with E-state index in [0.29, 0.717) is 13.1 Å². The zero-order valence-electron chi connectivity index (χ0n) is 17.1. The van der Waals surface area contributed by atoms with Gasteiger partial charge in [0.1, 0.15) is 5.75 Å². The van der Waals surface area contributed by atoms with Crippen molar-refractivity contribution >= 4 is 23.1 Å². The van der Waals surface area contributed by atoms with Crippen LogP contribution in [0.25, 0.3) is 0 Å². The number of piperazine rings is 1. The van der Waals surface area contributed by atoms with Gasteiger partial charge < -0.3 is 24.8 Å². The number of nitrogens with zero attached hydrogens (tertiary/aromatic N) is 3. The second-order valence-electron chi connectivity index (χ2n) is 7.70. The number of carbonyl (C=O) groups excluding carboxylic acids is 1. The average molecular weight is 395 g/mol. The lowest BCUT2D eigenvalue weighted by Crippen LogP contribution is -2.50. The Labute approximate surface area is 173 Å². The van der Waals surface area contributed by atoms with Crippen LogP contribution >= 0.6 is 0 Å². The highest BCUT2D eigenvalue weighted by atomic mass is 16.5. The Morgan fingerprint density at radius 2 is 1.52 bits per heavy atom. The summed E-state index contributed by atoms with van der Waals surface area (Å²) in [5.41, 5.74) is 3.23. The Morgan fingerprint density at radius 3 is 2.21 bits per heavy atom. The van der Waals surface area contributed by atoms with E-state index in [1.165, 1.54) is 24.9 Å². The Kier molecular flexibility index (Phi) is 6.08. The lowest BCUT2D eigenvalue weighted by molar-refractivity contribution is 0.208. The molecule has 2 aromatic rings. The Hall–Kier alpha value is -2.89. The molecule has 0 atom stereocenters. The van der Waals surface area contributed by atoms with Crippen LogP contribution < -0.4 is 19.9 Å². The zero-order valence-corrected chi connectivity index (χ0v) is 17.1. The molecular weight excluding hydrogens is 364 g/mol. The first-order valence-corrected chi connectivity index (χ1v) is 10.5. The minimum absolute atomic E-state index is 0.0268. The minimum atomic E-state index is -0.0268. The highest BCUT2D eigenvalue weighted by Crippen LogP contribution is 2.24. The highest BCUT2D eigenvalue weighted by Gasteiger charge is 2.21. The summed E-state index contributed by atoms with van der Waals surface area (Å²) in [6, 6.07) is 16.3. The predicted molar refractivity (Wildman–Crippen MR) is 118 cm³/mol. The fraction of sp³-hybridized carbons (Fsp3) is 0.435. The summed E-state index contributed by atoms with van der Waals surface area (Å²) >= 11 is 0. The first-order valence-electron chi connectivity index (χ1n) is 10.5. The van der Waals surface area contributed by atoms with Gasteiger partial charge in [-0.3, -0.25) is 0 Å². The standard InChI is InChI=1S/C23H30N4O2/c1-29-22-7-5-6-21(18-22)26-14-16-27(17-15-26)23(28)24-19-8-10-20(11-9-19)25-12-3-2-4-13-25/h5-11,18H,2-4,12-17H2,1H3,(H,24,28). The maximum atomic E-state index is 12.7. The summed E-state index contributed by atoms with van der Waals surface area (Å²) in [4.78, 5) is 19.3. The number of hydrogen-bond donors (Lipinski definition) is 1. The first kappa shape index (κ1) is 19.4. The highest BCUT2D eigenvalue weighted by molar-refractivity contribution is 5.89. The summed E-state index contributed by atoms with van der Waals surface area (Å²) in [6.07, 6.45) is 3.86. The van der Waals surface area contributed by atoms with Crippen molar-refractivity contribution in [3.8, 4) is 5.75 Å². The van der Waals surface area contributed by atoms with Gasteiger partial charge in [-0.15, -0.1) is 0 Å². The Balaban J connectivity index is 1.29. The van der Waals surface area contributed by atoms with Gasteiger partial charge in [-0.05, 0) is 55.7 Å². The van der Waals surface area contributed by atoms with Crippen LogP contribution in [0.4, 0.5) is 21.9 Å². The molecule has 0 aliphatic carbocycles. The number of anilines is 3. The van der Waals surface area contributed by atoms with Crippen molar-refractivity contribution in [1.82, 2.24) is 4.90 Å². The molecule has 2 amide bonds. The van der Waals surface area contributed by atoms with E-state index in [2.05, 4.69) is 33.3 Å². The summed E-state index contributed by atoms with van der Waals surface area (Å²) < 4.78 is 5.31. The molecule has 2 aliphatic heterocycles. The van der Waals surface area contributed by atoms with Gasteiger partial charge in [0.2, 0.25) is 0 Å². The summed E-state index contributed by atoms with van der Waals surface area (Å²) in [5.74, 6) is 0.857. The van der Waals surface area contributed by atoms with Gasteiger partial charge in [-0.25, -0.2) is 4.79 Å². The van der Waals surface area contributed by atoms with Crippen molar-refractivity contribution in [2.75, 3.05) is 61.5 Å². The molecule has 2 saturated heterocycles. The molecule has 1 N–H and O–H groups in total. The van der Waals surface area contributed by atoms with Gasteiger partial charge in [0, 0.05) is 62.4 Å². The molecule has 154 valence electrons. The Bertz CT molecular complexity index is 810. The second kappa shape index (κ2) is 9.07. The van der Waals surface area contributed by atoms with Gasteiger partial charge in [0.05, 0.1) is 7.11 Å². The van der Waals surface area contributed by atoms with Crippen molar-refractivity contribution in [2.45, 2.75) is 19.3 Å². The van der Waals surface area contributed by atoms with Crippen molar-refractivity contribution in [2.24, 2.45) is 0 Å². The SMILES string of the molecule is COc1cccc(N2CCN(C(=O)Nc3ccc(N4CCCCC4)cc3)CC2)c1. The number of nitrogens with one attached hydrogen (secondary N) is 1. The zero-order chi connectivity index (χ0) is 20.1. The number of piperidine rings is 1. The van der Waals surface area contributed by atoms with Crippen molar-refractivity contribution in [3.05, 3.63) is 48.5 Å². The predicted octanol–water partition coefficient (Wildman–Crippen LogP) is 4.04. The normalized spacial score (nSPS) is 17.2. The molecule has 2 aromatic carbocycles. The van der Waals surface area contributed by atoms with E-state index in [9.17, 15) is 4.79 Å². The fourth-order valence-electron chi connectivity index (χ4n) is 4.09. The van der Waals surface area contributed by atoms with E-state index in [1.807, 2.05) is 35.2 Å². The van der Waals surface area contributed by atoms with E-state index in [4.69, 9.17) is 4.74 Å². The molecule has 2 aliphatic rings. The number of carbonyl (C=O) groups is 1. The van der Waals surface area contributed by atoms with E-state index in [0.717, 1.165) is 43.3 Å². The molecule has 0 unspecified atom stereocenters. The third kappa shape index (κ3) is 4.75. The van der Waals surface area contributed by atoms with Gasteiger partial charge in [0.15, 0.2) is 0 Å². The van der Waals surface area contributed by atoms with Crippen LogP contribution in [0.15, 0.2) is 48.5 Å². The summed E-state index contributed by atoms with van der Waals surface area (Å²) in [6.45, 7) is 5.29. The molecule has 0 spiro atoms. The second-order valence-corrected chi connectivity index (χ2v) is 7.70. The van der Waals surface area contributed by atoms with Crippen LogP contribution in [-0.4, -0.2) is 57.3 Å². The van der Waals surface area contributed by atoms with Crippen LogP contribution in [0.5, 0.6) is 5.75 Å². The molecule has 29 heavy (non-hydrogen) atoms. The largest absolute Gasteiger partial charge is 0.497 e. The van der Waals surface area contributed by atoms with Crippen LogP contribution in [-0.2, 0) is 0 Å². The molecule has 6 nitrogen and oxygen atoms in total.